The maximum absolute atomic E-state index is 14.2. The summed E-state index contributed by atoms with van der Waals surface area (Å²) in [5, 5.41) is 0. The lowest BCUT2D eigenvalue weighted by Gasteiger charge is -2.27. The van der Waals surface area contributed by atoms with Gasteiger partial charge in [0.25, 0.3) is 5.56 Å². The van der Waals surface area contributed by atoms with Crippen molar-refractivity contribution in [2.75, 3.05) is 42.2 Å². The summed E-state index contributed by atoms with van der Waals surface area (Å²) in [5.41, 5.74) is 1.65. The first-order valence-corrected chi connectivity index (χ1v) is 13.9. The molecule has 11 heteroatoms. The van der Waals surface area contributed by atoms with Gasteiger partial charge in [-0.15, -0.1) is 0 Å². The van der Waals surface area contributed by atoms with Gasteiger partial charge in [0.1, 0.15) is 34.8 Å². The molecule has 1 atom stereocenters. The highest BCUT2D eigenvalue weighted by atomic mass is 32.1. The highest BCUT2D eigenvalue weighted by Crippen LogP contribution is 2.39. The van der Waals surface area contributed by atoms with Gasteiger partial charge in [0.2, 0.25) is 0 Å². The Morgan fingerprint density at radius 1 is 0.927 bits per heavy atom. The van der Waals surface area contributed by atoms with Crippen LogP contribution in [-0.4, -0.2) is 52.7 Å². The van der Waals surface area contributed by atoms with Crippen molar-refractivity contribution in [3.63, 3.8) is 0 Å². The predicted molar refractivity (Wildman–Crippen MR) is 155 cm³/mol. The SMILES string of the molecule is CCCC1=C(C(=O)OCC)[C@H](c2cc(OC)ccc2OC)n2c(s/c(=C/c3c(OC)cc(OC)cc3OC)c2=O)=N1. The summed E-state index contributed by atoms with van der Waals surface area (Å²) in [6.07, 6.45) is 2.95. The number of carbonyl (C=O) groups is 1. The summed E-state index contributed by atoms with van der Waals surface area (Å²) in [6.45, 7) is 3.92. The van der Waals surface area contributed by atoms with Crippen molar-refractivity contribution in [3.8, 4) is 28.7 Å². The Hall–Kier alpha value is -4.25. The zero-order valence-corrected chi connectivity index (χ0v) is 25.0. The molecule has 0 spiro atoms. The zero-order chi connectivity index (χ0) is 29.7. The van der Waals surface area contributed by atoms with Crippen molar-refractivity contribution < 1.29 is 33.2 Å². The predicted octanol–water partition coefficient (Wildman–Crippen LogP) is 3.62. The van der Waals surface area contributed by atoms with Crippen molar-refractivity contribution in [2.24, 2.45) is 4.99 Å². The Bertz CT molecular complexity index is 1630. The first-order chi connectivity index (χ1) is 19.8. The normalized spacial score (nSPS) is 14.7. The molecule has 1 aliphatic heterocycles. The first kappa shape index (κ1) is 29.7. The van der Waals surface area contributed by atoms with Crippen LogP contribution < -0.4 is 38.6 Å². The summed E-state index contributed by atoms with van der Waals surface area (Å²) in [5.74, 6) is 1.98. The number of nitrogens with zero attached hydrogens (tertiary/aromatic N) is 2. The van der Waals surface area contributed by atoms with Crippen LogP contribution in [0.5, 0.6) is 28.7 Å². The van der Waals surface area contributed by atoms with Gasteiger partial charge in [-0.2, -0.15) is 0 Å². The van der Waals surface area contributed by atoms with E-state index in [2.05, 4.69) is 0 Å². The van der Waals surface area contributed by atoms with E-state index in [4.69, 9.17) is 33.4 Å². The number of hydrogen-bond donors (Lipinski definition) is 0. The Labute approximate surface area is 242 Å². The molecular weight excluding hydrogens is 548 g/mol. The van der Waals surface area contributed by atoms with E-state index >= 15 is 0 Å². The Morgan fingerprint density at radius 3 is 2.15 bits per heavy atom. The van der Waals surface area contributed by atoms with Gasteiger partial charge in [0.15, 0.2) is 4.80 Å². The molecule has 0 bridgehead atoms. The molecule has 10 nitrogen and oxygen atoms in total. The number of fused-ring (bicyclic) bond motifs is 1. The topological polar surface area (TPSA) is 107 Å². The Morgan fingerprint density at radius 2 is 1.59 bits per heavy atom. The van der Waals surface area contributed by atoms with E-state index < -0.39 is 12.0 Å². The lowest BCUT2D eigenvalue weighted by molar-refractivity contribution is -0.139. The number of hydrogen-bond acceptors (Lipinski definition) is 10. The van der Waals surface area contributed by atoms with Crippen LogP contribution in [0.4, 0.5) is 0 Å². The van der Waals surface area contributed by atoms with Crippen molar-refractivity contribution in [1.29, 1.82) is 0 Å². The second-order valence-corrected chi connectivity index (χ2v) is 9.98. The van der Waals surface area contributed by atoms with Gasteiger partial charge in [-0.05, 0) is 37.6 Å². The number of allylic oxidation sites excluding steroid dienone is 1. The number of ether oxygens (including phenoxy) is 6. The fraction of sp³-hybridized carbons (Fsp3) is 0.367. The molecule has 0 unspecified atom stereocenters. The minimum atomic E-state index is -0.862. The second kappa shape index (κ2) is 12.9. The van der Waals surface area contributed by atoms with E-state index in [0.29, 0.717) is 66.9 Å². The monoisotopic (exact) mass is 582 g/mol. The van der Waals surface area contributed by atoms with Crippen LogP contribution in [0.25, 0.3) is 6.08 Å². The number of thiazole rings is 1. The largest absolute Gasteiger partial charge is 0.497 e. The third kappa shape index (κ3) is 5.67. The van der Waals surface area contributed by atoms with Crippen LogP contribution in [0.1, 0.15) is 43.9 Å². The maximum Gasteiger partial charge on any atom is 0.338 e. The summed E-state index contributed by atoms with van der Waals surface area (Å²) in [7, 11) is 7.71. The van der Waals surface area contributed by atoms with Gasteiger partial charge in [-0.3, -0.25) is 9.36 Å². The summed E-state index contributed by atoms with van der Waals surface area (Å²) < 4.78 is 35.1. The second-order valence-electron chi connectivity index (χ2n) is 8.97. The van der Waals surface area contributed by atoms with Crippen molar-refractivity contribution in [2.45, 2.75) is 32.7 Å². The maximum atomic E-state index is 14.2. The van der Waals surface area contributed by atoms with E-state index in [1.165, 1.54) is 37.2 Å². The molecule has 4 rings (SSSR count). The van der Waals surface area contributed by atoms with E-state index in [1.54, 1.807) is 57.6 Å². The van der Waals surface area contributed by atoms with Crippen LogP contribution in [-0.2, 0) is 9.53 Å². The standard InChI is InChI=1S/C30H34N2O8S/c1-8-10-21-26(29(34)40-9-2)27(20-13-17(35-3)11-12-22(20)37-5)32-28(33)25(41-30(32)31-21)16-19-23(38-6)14-18(36-4)15-24(19)39-7/h11-16,27H,8-10H2,1-7H3/b25-16+/t27-/m0/s1. The minimum absolute atomic E-state index is 0.172. The molecule has 218 valence electrons. The van der Waals surface area contributed by atoms with E-state index in [0.717, 1.165) is 6.42 Å². The smallest absolute Gasteiger partial charge is 0.338 e. The lowest BCUT2D eigenvalue weighted by atomic mass is 9.93. The van der Waals surface area contributed by atoms with E-state index in [9.17, 15) is 9.59 Å². The quantitative estimate of drug-likeness (QED) is 0.316. The average Bonchev–Trinajstić information content (AvgIpc) is 3.30. The molecule has 0 saturated carbocycles. The highest BCUT2D eigenvalue weighted by molar-refractivity contribution is 7.07. The van der Waals surface area contributed by atoms with Crippen LogP contribution in [0, 0.1) is 0 Å². The first-order valence-electron chi connectivity index (χ1n) is 13.1. The average molecular weight is 583 g/mol. The van der Waals surface area contributed by atoms with Gasteiger partial charge in [-0.25, -0.2) is 9.79 Å². The molecule has 0 saturated heterocycles. The molecular formula is C30H34N2O8S. The van der Waals surface area contributed by atoms with Crippen molar-refractivity contribution in [3.05, 3.63) is 72.4 Å². The van der Waals surface area contributed by atoms with Gasteiger partial charge in [-0.1, -0.05) is 24.7 Å². The van der Waals surface area contributed by atoms with E-state index in [1.807, 2.05) is 6.92 Å². The summed E-state index contributed by atoms with van der Waals surface area (Å²) in [6, 6.07) is 7.85. The molecule has 41 heavy (non-hydrogen) atoms. The van der Waals surface area contributed by atoms with Gasteiger partial charge < -0.3 is 28.4 Å². The fourth-order valence-corrected chi connectivity index (χ4v) is 5.78. The summed E-state index contributed by atoms with van der Waals surface area (Å²) in [4.78, 5) is 32.9. The highest BCUT2D eigenvalue weighted by Gasteiger charge is 2.36. The molecule has 0 radical (unpaired) electrons. The molecule has 3 aromatic rings. The number of carbonyl (C=O) groups excluding carboxylic acids is 1. The molecule has 0 amide bonds. The van der Waals surface area contributed by atoms with Crippen molar-refractivity contribution in [1.82, 2.24) is 4.57 Å². The van der Waals surface area contributed by atoms with Crippen LogP contribution in [0.15, 0.2) is 51.4 Å². The van der Waals surface area contributed by atoms with Crippen LogP contribution >= 0.6 is 11.3 Å². The minimum Gasteiger partial charge on any atom is -0.497 e. The van der Waals surface area contributed by atoms with Crippen molar-refractivity contribution >= 4 is 23.4 Å². The Balaban J connectivity index is 2.09. The van der Waals surface area contributed by atoms with Crippen LogP contribution in [0.3, 0.4) is 0 Å². The molecule has 2 heterocycles. The molecule has 2 aromatic carbocycles. The van der Waals surface area contributed by atoms with Gasteiger partial charge in [0.05, 0.1) is 63.5 Å². The number of methoxy groups -OCH3 is 5. The fourth-order valence-electron chi connectivity index (χ4n) is 4.77. The number of esters is 1. The summed E-state index contributed by atoms with van der Waals surface area (Å²) >= 11 is 1.21. The third-order valence-electron chi connectivity index (χ3n) is 6.65. The van der Waals surface area contributed by atoms with Crippen LogP contribution in [0.2, 0.25) is 0 Å². The molecule has 1 aliphatic rings. The van der Waals surface area contributed by atoms with Gasteiger partial charge >= 0.3 is 5.97 Å². The molecule has 1 aromatic heterocycles. The number of benzene rings is 2. The molecule has 0 aliphatic carbocycles. The zero-order valence-electron chi connectivity index (χ0n) is 24.2. The number of aromatic nitrogens is 1. The lowest BCUT2D eigenvalue weighted by Crippen LogP contribution is -2.40. The molecule has 0 N–H and O–H groups in total. The third-order valence-corrected chi connectivity index (χ3v) is 7.64. The Kier molecular flexibility index (Phi) is 9.38. The number of rotatable bonds is 11. The van der Waals surface area contributed by atoms with Gasteiger partial charge in [0, 0.05) is 17.7 Å². The van der Waals surface area contributed by atoms with E-state index in [-0.39, 0.29) is 12.2 Å². The molecule has 0 fully saturated rings.